The molecule has 17 heavy (non-hydrogen) atoms. The van der Waals surface area contributed by atoms with E-state index in [2.05, 4.69) is 10.1 Å². The molecule has 90 valence electrons. The highest BCUT2D eigenvalue weighted by Crippen LogP contribution is 2.12. The second kappa shape index (κ2) is 6.51. The Morgan fingerprint density at radius 2 is 2.12 bits per heavy atom. The Hall–Kier alpha value is -2.06. The van der Waals surface area contributed by atoms with Crippen molar-refractivity contribution < 1.29 is 9.53 Å². The molecule has 0 bridgehead atoms. The third-order valence-electron chi connectivity index (χ3n) is 2.23. The fourth-order valence-corrected chi connectivity index (χ4v) is 1.41. The first-order valence-electron chi connectivity index (χ1n) is 5.19. The number of hydrogen-bond donors (Lipinski definition) is 1. The summed E-state index contributed by atoms with van der Waals surface area (Å²) in [5.41, 5.74) is 1.06. The van der Waals surface area contributed by atoms with Gasteiger partial charge in [0, 0.05) is 13.6 Å². The maximum atomic E-state index is 11.1. The molecule has 1 rings (SSSR count). The van der Waals surface area contributed by atoms with Crippen LogP contribution in [0.5, 0.6) is 5.75 Å². The normalized spacial score (nSPS) is 9.76. The third kappa shape index (κ3) is 4.53. The maximum absolute atomic E-state index is 11.1. The second-order valence-electron chi connectivity index (χ2n) is 3.68. The van der Waals surface area contributed by atoms with Gasteiger partial charge in [0.15, 0.2) is 0 Å². The number of nitrogens with zero attached hydrogens (tertiary/aromatic N) is 2. The molecule has 0 aliphatic rings. The van der Waals surface area contributed by atoms with Crippen LogP contribution < -0.4 is 10.1 Å². The number of amides is 1. The largest absolute Gasteiger partial charge is 0.388 e. The Bertz CT molecular complexity index is 409. The van der Waals surface area contributed by atoms with Crippen LogP contribution in [-0.2, 0) is 11.3 Å². The summed E-state index contributed by atoms with van der Waals surface area (Å²) in [6, 6.07) is 7.19. The highest BCUT2D eigenvalue weighted by molar-refractivity contribution is 5.77. The molecule has 1 N–H and O–H groups in total. The molecular weight excluding hydrogens is 218 g/mol. The lowest BCUT2D eigenvalue weighted by Gasteiger charge is -2.15. The predicted molar refractivity (Wildman–Crippen MR) is 63.1 cm³/mol. The zero-order valence-corrected chi connectivity index (χ0v) is 9.93. The van der Waals surface area contributed by atoms with Crippen LogP contribution in [0.2, 0.25) is 0 Å². The summed E-state index contributed by atoms with van der Waals surface area (Å²) in [5.74, 6) is 0.502. The topological polar surface area (TPSA) is 65.4 Å². The molecule has 0 fully saturated rings. The van der Waals surface area contributed by atoms with Crippen LogP contribution in [0.4, 0.5) is 0 Å². The molecule has 0 aliphatic carbocycles. The molecule has 0 radical (unpaired) electrons. The van der Waals surface area contributed by atoms with E-state index in [0.717, 1.165) is 5.56 Å². The van der Waals surface area contributed by atoms with Gasteiger partial charge >= 0.3 is 0 Å². The molecule has 0 aliphatic heterocycles. The number of likely N-dealkylation sites (N-methyl/N-ethyl adjacent to an activating group) is 2. The molecule has 0 unspecified atom stereocenters. The summed E-state index contributed by atoms with van der Waals surface area (Å²) < 4.78 is 4.68. The molecular formula is C12H15N3O2. The highest BCUT2D eigenvalue weighted by Gasteiger charge is 2.05. The summed E-state index contributed by atoms with van der Waals surface area (Å²) in [6.07, 6.45) is 1.61. The van der Waals surface area contributed by atoms with Gasteiger partial charge in [0.05, 0.1) is 6.54 Å². The minimum Gasteiger partial charge on any atom is -0.388 e. The van der Waals surface area contributed by atoms with Crippen LogP contribution in [0.25, 0.3) is 0 Å². The first-order valence-corrected chi connectivity index (χ1v) is 5.19. The fraction of sp³-hybridized carbons (Fsp3) is 0.333. The van der Waals surface area contributed by atoms with Crippen LogP contribution in [0.15, 0.2) is 24.3 Å². The van der Waals surface area contributed by atoms with Gasteiger partial charge in [-0.15, -0.1) is 5.26 Å². The van der Waals surface area contributed by atoms with Crippen molar-refractivity contribution in [3.05, 3.63) is 29.8 Å². The first kappa shape index (κ1) is 13.0. The highest BCUT2D eigenvalue weighted by atomic mass is 16.5. The smallest absolute Gasteiger partial charge is 0.292 e. The van der Waals surface area contributed by atoms with Crippen molar-refractivity contribution >= 4 is 5.91 Å². The number of benzene rings is 1. The van der Waals surface area contributed by atoms with Gasteiger partial charge in [-0.1, -0.05) is 12.1 Å². The van der Waals surface area contributed by atoms with Crippen molar-refractivity contribution in [1.29, 1.82) is 5.26 Å². The minimum absolute atomic E-state index is 0.0167. The average Bonchev–Trinajstić information content (AvgIpc) is 2.31. The van der Waals surface area contributed by atoms with Gasteiger partial charge in [0.2, 0.25) is 5.91 Å². The average molecular weight is 233 g/mol. The van der Waals surface area contributed by atoms with Crippen molar-refractivity contribution in [2.45, 2.75) is 6.54 Å². The Morgan fingerprint density at radius 1 is 1.47 bits per heavy atom. The number of carbonyl (C=O) groups excluding carboxylic acids is 1. The van der Waals surface area contributed by atoms with Crippen molar-refractivity contribution in [1.82, 2.24) is 10.2 Å². The molecule has 1 amide bonds. The van der Waals surface area contributed by atoms with Crippen LogP contribution in [0, 0.1) is 11.5 Å². The number of nitrogens with one attached hydrogen (secondary N) is 1. The zero-order chi connectivity index (χ0) is 12.7. The van der Waals surface area contributed by atoms with Gasteiger partial charge in [-0.05, 0) is 24.7 Å². The molecule has 0 spiro atoms. The first-order chi connectivity index (χ1) is 8.15. The molecule has 0 aromatic heterocycles. The number of rotatable bonds is 5. The maximum Gasteiger partial charge on any atom is 0.292 e. The molecule has 0 atom stereocenters. The summed E-state index contributed by atoms with van der Waals surface area (Å²) in [7, 11) is 3.49. The standard InChI is InChI=1S/C12H15N3O2/c1-14-12(16)8-15(2)7-10-3-5-11(6-4-10)17-9-13/h3-6H,7-8H2,1-2H3,(H,14,16). The van der Waals surface area contributed by atoms with Crippen molar-refractivity contribution in [2.24, 2.45) is 0 Å². The number of carbonyl (C=O) groups is 1. The molecule has 0 saturated heterocycles. The fourth-order valence-electron chi connectivity index (χ4n) is 1.41. The Labute approximate surface area is 101 Å². The van der Waals surface area contributed by atoms with Gasteiger partial charge < -0.3 is 10.1 Å². The zero-order valence-electron chi connectivity index (χ0n) is 9.93. The van der Waals surface area contributed by atoms with Crippen molar-refractivity contribution in [2.75, 3.05) is 20.6 Å². The van der Waals surface area contributed by atoms with E-state index in [0.29, 0.717) is 18.8 Å². The molecule has 0 saturated carbocycles. The molecule has 5 nitrogen and oxygen atoms in total. The van der Waals surface area contributed by atoms with Gasteiger partial charge in [0.25, 0.3) is 6.26 Å². The second-order valence-corrected chi connectivity index (χ2v) is 3.68. The van der Waals surface area contributed by atoms with E-state index < -0.39 is 0 Å². The molecule has 0 heterocycles. The van der Waals surface area contributed by atoms with Crippen molar-refractivity contribution in [3.63, 3.8) is 0 Å². The van der Waals surface area contributed by atoms with E-state index in [1.165, 1.54) is 0 Å². The van der Waals surface area contributed by atoms with Crippen LogP contribution in [-0.4, -0.2) is 31.4 Å². The molecule has 5 heteroatoms. The van der Waals surface area contributed by atoms with Gasteiger partial charge in [-0.3, -0.25) is 9.69 Å². The number of nitriles is 1. The van der Waals surface area contributed by atoms with Crippen LogP contribution in [0.3, 0.4) is 0 Å². The Balaban J connectivity index is 2.51. The Kier molecular flexibility index (Phi) is 4.98. The van der Waals surface area contributed by atoms with E-state index in [9.17, 15) is 4.79 Å². The predicted octanol–water partition coefficient (Wildman–Crippen LogP) is 0.724. The van der Waals surface area contributed by atoms with Crippen molar-refractivity contribution in [3.8, 4) is 12.0 Å². The van der Waals surface area contributed by atoms with E-state index in [-0.39, 0.29) is 5.91 Å². The lowest BCUT2D eigenvalue weighted by atomic mass is 10.2. The van der Waals surface area contributed by atoms with Gasteiger partial charge in [-0.25, -0.2) is 0 Å². The lowest BCUT2D eigenvalue weighted by molar-refractivity contribution is -0.121. The quantitative estimate of drug-likeness (QED) is 0.761. The SMILES string of the molecule is CNC(=O)CN(C)Cc1ccc(OC#N)cc1. The van der Waals surface area contributed by atoms with Gasteiger partial charge in [-0.2, -0.15) is 0 Å². The lowest BCUT2D eigenvalue weighted by Crippen LogP contribution is -2.32. The number of hydrogen-bond acceptors (Lipinski definition) is 4. The van der Waals surface area contributed by atoms with E-state index >= 15 is 0 Å². The monoisotopic (exact) mass is 233 g/mol. The third-order valence-corrected chi connectivity index (χ3v) is 2.23. The summed E-state index contributed by atoms with van der Waals surface area (Å²) in [6.45, 7) is 1.02. The summed E-state index contributed by atoms with van der Waals surface area (Å²) in [4.78, 5) is 13.0. The summed E-state index contributed by atoms with van der Waals surface area (Å²) in [5, 5.41) is 10.9. The minimum atomic E-state index is -0.0167. The number of ether oxygens (including phenoxy) is 1. The van der Waals surface area contributed by atoms with E-state index in [1.54, 1.807) is 25.4 Å². The Morgan fingerprint density at radius 3 is 2.65 bits per heavy atom. The summed E-state index contributed by atoms with van der Waals surface area (Å²) >= 11 is 0. The molecule has 1 aromatic rings. The van der Waals surface area contributed by atoms with E-state index in [4.69, 9.17) is 5.26 Å². The van der Waals surface area contributed by atoms with Crippen LogP contribution in [0.1, 0.15) is 5.56 Å². The van der Waals surface area contributed by atoms with Crippen LogP contribution >= 0.6 is 0 Å². The van der Waals surface area contributed by atoms with E-state index in [1.807, 2.05) is 24.1 Å². The molecule has 1 aromatic carbocycles. The van der Waals surface area contributed by atoms with Gasteiger partial charge in [0.1, 0.15) is 5.75 Å².